The summed E-state index contributed by atoms with van der Waals surface area (Å²) in [6.45, 7) is 2.97. The molecule has 0 fully saturated rings. The highest BCUT2D eigenvalue weighted by molar-refractivity contribution is 6.28. The number of nitrogens with one attached hydrogen (secondary N) is 1. The largest absolute Gasteiger partial charge is 0.448 e. The van der Waals surface area contributed by atoms with Crippen molar-refractivity contribution in [2.75, 3.05) is 6.54 Å². The fourth-order valence-electron chi connectivity index (χ4n) is 2.02. The Labute approximate surface area is 112 Å². The Bertz CT molecular complexity index is 492. The molecule has 1 unspecified atom stereocenters. The molecule has 0 bridgehead atoms. The average Bonchev–Trinajstić information content (AvgIpc) is 2.94. The van der Waals surface area contributed by atoms with Crippen LogP contribution in [0.15, 0.2) is 28.9 Å². The summed E-state index contributed by atoms with van der Waals surface area (Å²) < 4.78 is 7.51. The zero-order chi connectivity index (χ0) is 13.0. The minimum atomic E-state index is 0.180. The van der Waals surface area contributed by atoms with Crippen LogP contribution in [0.5, 0.6) is 0 Å². The lowest BCUT2D eigenvalue weighted by molar-refractivity contribution is 0.399. The Morgan fingerprint density at radius 2 is 2.33 bits per heavy atom. The molecule has 1 atom stereocenters. The van der Waals surface area contributed by atoms with Gasteiger partial charge in [-0.15, -0.1) is 0 Å². The molecule has 2 heterocycles. The number of hydrogen-bond donors (Lipinski definition) is 1. The number of halogens is 1. The normalized spacial score (nSPS) is 12.8. The molecular formula is C13H18ClN3O. The molecule has 1 N–H and O–H groups in total. The zero-order valence-corrected chi connectivity index (χ0v) is 11.4. The van der Waals surface area contributed by atoms with Crippen LogP contribution >= 0.6 is 11.6 Å². The number of aromatic nitrogens is 2. The van der Waals surface area contributed by atoms with E-state index in [0.717, 1.165) is 31.0 Å². The summed E-state index contributed by atoms with van der Waals surface area (Å²) in [6, 6.07) is 3.88. The molecule has 98 valence electrons. The van der Waals surface area contributed by atoms with Crippen molar-refractivity contribution in [2.45, 2.75) is 25.8 Å². The number of rotatable bonds is 6. The molecule has 2 aromatic heterocycles. The number of nitrogens with zero attached hydrogens (tertiary/aromatic N) is 2. The van der Waals surface area contributed by atoms with E-state index in [1.807, 2.05) is 30.1 Å². The van der Waals surface area contributed by atoms with Gasteiger partial charge in [0.05, 0.1) is 6.04 Å². The fraction of sp³-hybridized carbons (Fsp3) is 0.462. The lowest BCUT2D eigenvalue weighted by Gasteiger charge is -2.15. The Morgan fingerprint density at radius 1 is 1.50 bits per heavy atom. The van der Waals surface area contributed by atoms with E-state index < -0.39 is 0 Å². The summed E-state index contributed by atoms with van der Waals surface area (Å²) in [5.41, 5.74) is 0. The first-order chi connectivity index (χ1) is 8.70. The molecule has 0 aromatic carbocycles. The fourth-order valence-corrected chi connectivity index (χ4v) is 2.17. The molecule has 0 spiro atoms. The third-order valence-electron chi connectivity index (χ3n) is 2.97. The molecule has 0 saturated carbocycles. The van der Waals surface area contributed by atoms with E-state index in [1.165, 1.54) is 0 Å². The van der Waals surface area contributed by atoms with Gasteiger partial charge in [0.15, 0.2) is 5.22 Å². The van der Waals surface area contributed by atoms with Crippen LogP contribution in [0.3, 0.4) is 0 Å². The molecule has 2 rings (SSSR count). The van der Waals surface area contributed by atoms with Crippen molar-refractivity contribution in [2.24, 2.45) is 7.05 Å². The second-order valence-electron chi connectivity index (χ2n) is 4.25. The highest BCUT2D eigenvalue weighted by Gasteiger charge is 2.15. The first-order valence-electron chi connectivity index (χ1n) is 6.15. The monoisotopic (exact) mass is 267 g/mol. The molecule has 0 aliphatic rings. The maximum atomic E-state index is 5.82. The van der Waals surface area contributed by atoms with Gasteiger partial charge < -0.3 is 14.3 Å². The van der Waals surface area contributed by atoms with E-state index in [9.17, 15) is 0 Å². The third-order valence-corrected chi connectivity index (χ3v) is 3.17. The molecular weight excluding hydrogens is 250 g/mol. The van der Waals surface area contributed by atoms with E-state index in [-0.39, 0.29) is 6.04 Å². The molecule has 0 radical (unpaired) electrons. The van der Waals surface area contributed by atoms with Crippen LogP contribution < -0.4 is 5.32 Å². The minimum absolute atomic E-state index is 0.180. The summed E-state index contributed by atoms with van der Waals surface area (Å²) in [4.78, 5) is 4.33. The van der Waals surface area contributed by atoms with Crippen LogP contribution in [0, 0.1) is 0 Å². The Hall–Kier alpha value is -1.26. The van der Waals surface area contributed by atoms with Crippen molar-refractivity contribution in [1.29, 1.82) is 0 Å². The van der Waals surface area contributed by atoms with Gasteiger partial charge in [-0.25, -0.2) is 4.98 Å². The molecule has 0 aliphatic carbocycles. The van der Waals surface area contributed by atoms with Crippen molar-refractivity contribution in [1.82, 2.24) is 14.9 Å². The van der Waals surface area contributed by atoms with Crippen LogP contribution in [0.1, 0.15) is 31.0 Å². The summed E-state index contributed by atoms with van der Waals surface area (Å²) in [5.74, 6) is 1.96. The summed E-state index contributed by atoms with van der Waals surface area (Å²) in [5, 5.41) is 3.84. The number of aryl methyl sites for hydroxylation is 2. The molecule has 5 heteroatoms. The topological polar surface area (TPSA) is 43.0 Å². The third kappa shape index (κ3) is 3.15. The van der Waals surface area contributed by atoms with E-state index in [0.29, 0.717) is 5.22 Å². The predicted octanol–water partition coefficient (Wildman–Crippen LogP) is 2.95. The number of furan rings is 1. The predicted molar refractivity (Wildman–Crippen MR) is 71.7 cm³/mol. The van der Waals surface area contributed by atoms with Crippen LogP contribution in [-0.4, -0.2) is 16.1 Å². The van der Waals surface area contributed by atoms with Gasteiger partial charge in [0.2, 0.25) is 0 Å². The maximum absolute atomic E-state index is 5.82. The van der Waals surface area contributed by atoms with E-state index in [1.54, 1.807) is 6.07 Å². The van der Waals surface area contributed by atoms with Gasteiger partial charge >= 0.3 is 0 Å². The molecule has 0 aliphatic heterocycles. The minimum Gasteiger partial charge on any atom is -0.448 e. The van der Waals surface area contributed by atoms with Crippen molar-refractivity contribution < 1.29 is 4.42 Å². The van der Waals surface area contributed by atoms with Gasteiger partial charge in [-0.1, -0.05) is 6.92 Å². The van der Waals surface area contributed by atoms with Crippen LogP contribution in [0.4, 0.5) is 0 Å². The van der Waals surface area contributed by atoms with E-state index in [2.05, 4.69) is 17.2 Å². The first kappa shape index (κ1) is 13.2. The quantitative estimate of drug-likeness (QED) is 0.875. The number of imidazole rings is 1. The lowest BCUT2D eigenvalue weighted by atomic mass is 10.1. The van der Waals surface area contributed by atoms with Gasteiger partial charge in [0, 0.05) is 25.9 Å². The highest BCUT2D eigenvalue weighted by Crippen LogP contribution is 2.23. The Balaban J connectivity index is 2.01. The smallest absolute Gasteiger partial charge is 0.193 e. The van der Waals surface area contributed by atoms with E-state index >= 15 is 0 Å². The van der Waals surface area contributed by atoms with Gasteiger partial charge in [0.25, 0.3) is 0 Å². The molecule has 0 saturated heterocycles. The number of hydrogen-bond acceptors (Lipinski definition) is 3. The van der Waals surface area contributed by atoms with Gasteiger partial charge in [0.1, 0.15) is 11.6 Å². The first-order valence-corrected chi connectivity index (χ1v) is 6.53. The maximum Gasteiger partial charge on any atom is 0.193 e. The average molecular weight is 268 g/mol. The van der Waals surface area contributed by atoms with Crippen LogP contribution in [-0.2, 0) is 13.5 Å². The molecule has 4 nitrogen and oxygen atoms in total. The Morgan fingerprint density at radius 3 is 2.89 bits per heavy atom. The second-order valence-corrected chi connectivity index (χ2v) is 4.62. The lowest BCUT2D eigenvalue weighted by Crippen LogP contribution is -2.21. The second kappa shape index (κ2) is 6.07. The standard InChI is InChI=1S/C13H18ClN3O/c1-3-15-10(11-5-6-12(14)18-11)4-7-13-16-8-9-17(13)2/h5-6,8-10,15H,3-4,7H2,1-2H3. The Kier molecular flexibility index (Phi) is 4.44. The van der Waals surface area contributed by atoms with Crippen molar-refractivity contribution in [3.8, 4) is 0 Å². The van der Waals surface area contributed by atoms with Crippen LogP contribution in [0.25, 0.3) is 0 Å². The summed E-state index contributed by atoms with van der Waals surface area (Å²) in [6.07, 6.45) is 5.62. The molecule has 18 heavy (non-hydrogen) atoms. The van der Waals surface area contributed by atoms with Gasteiger partial charge in [-0.2, -0.15) is 0 Å². The molecule has 0 amide bonds. The van der Waals surface area contributed by atoms with Gasteiger partial charge in [-0.3, -0.25) is 0 Å². The van der Waals surface area contributed by atoms with E-state index in [4.69, 9.17) is 16.0 Å². The van der Waals surface area contributed by atoms with Gasteiger partial charge in [-0.05, 0) is 36.7 Å². The zero-order valence-electron chi connectivity index (χ0n) is 10.7. The van der Waals surface area contributed by atoms with Crippen molar-refractivity contribution in [3.63, 3.8) is 0 Å². The van der Waals surface area contributed by atoms with Crippen LogP contribution in [0.2, 0.25) is 5.22 Å². The van der Waals surface area contributed by atoms with Crippen molar-refractivity contribution in [3.05, 3.63) is 41.3 Å². The van der Waals surface area contributed by atoms with Crippen molar-refractivity contribution >= 4 is 11.6 Å². The SMILES string of the molecule is CCNC(CCc1nccn1C)c1ccc(Cl)o1. The summed E-state index contributed by atoms with van der Waals surface area (Å²) in [7, 11) is 2.01. The summed E-state index contributed by atoms with van der Waals surface area (Å²) >= 11 is 5.82. The molecule has 2 aromatic rings. The highest BCUT2D eigenvalue weighted by atomic mass is 35.5.